The van der Waals surface area contributed by atoms with Crippen LogP contribution in [0.15, 0.2) is 52.6 Å². The van der Waals surface area contributed by atoms with Gasteiger partial charge in [0.25, 0.3) is 5.56 Å². The predicted octanol–water partition coefficient (Wildman–Crippen LogP) is 6.34. The fraction of sp³-hybridized carbons (Fsp3) is 0.310. The van der Waals surface area contributed by atoms with E-state index in [1.807, 2.05) is 38.1 Å². The van der Waals surface area contributed by atoms with Crippen molar-refractivity contribution in [3.63, 3.8) is 0 Å². The van der Waals surface area contributed by atoms with Crippen molar-refractivity contribution in [3.8, 4) is 5.69 Å². The Morgan fingerprint density at radius 1 is 1.11 bits per heavy atom. The van der Waals surface area contributed by atoms with Crippen molar-refractivity contribution in [2.24, 2.45) is 0 Å². The number of hydrogen-bond acceptors (Lipinski definition) is 6. The lowest BCUT2D eigenvalue weighted by Gasteiger charge is -2.28. The Morgan fingerprint density at radius 3 is 2.47 bits per heavy atom. The summed E-state index contributed by atoms with van der Waals surface area (Å²) in [5.41, 5.74) is 2.39. The minimum atomic E-state index is -0.717. The number of rotatable bonds is 6. The summed E-state index contributed by atoms with van der Waals surface area (Å²) in [4.78, 5) is 40.6. The van der Waals surface area contributed by atoms with E-state index in [9.17, 15) is 14.4 Å². The van der Waals surface area contributed by atoms with Crippen molar-refractivity contribution in [3.05, 3.63) is 85.6 Å². The first kappa shape index (κ1) is 26.1. The maximum absolute atomic E-state index is 13.9. The summed E-state index contributed by atoms with van der Waals surface area (Å²) < 4.78 is 6.47. The zero-order valence-corrected chi connectivity index (χ0v) is 23.0. The van der Waals surface area contributed by atoms with Gasteiger partial charge in [-0.05, 0) is 74.6 Å². The first-order valence-electron chi connectivity index (χ1n) is 12.6. The highest BCUT2D eigenvalue weighted by Crippen LogP contribution is 2.43. The second-order valence-corrected chi connectivity index (χ2v) is 11.0. The first-order valence-corrected chi connectivity index (χ1v) is 13.9. The number of benzene rings is 2. The Hall–Kier alpha value is -3.49. The van der Waals surface area contributed by atoms with Crippen LogP contribution in [0, 0.1) is 13.8 Å². The van der Waals surface area contributed by atoms with Crippen molar-refractivity contribution in [2.45, 2.75) is 51.9 Å². The van der Waals surface area contributed by atoms with E-state index in [-0.39, 0.29) is 23.6 Å². The van der Waals surface area contributed by atoms with Gasteiger partial charge < -0.3 is 10.1 Å². The number of carbonyl (C=O) groups excluding carboxylic acids is 2. The van der Waals surface area contributed by atoms with E-state index in [1.165, 1.54) is 16.0 Å². The molecular formula is C29H28ClN3O4S. The van der Waals surface area contributed by atoms with E-state index >= 15 is 0 Å². The van der Waals surface area contributed by atoms with Gasteiger partial charge in [-0.1, -0.05) is 42.6 Å². The van der Waals surface area contributed by atoms with Crippen LogP contribution in [0.3, 0.4) is 0 Å². The van der Waals surface area contributed by atoms with Gasteiger partial charge in [-0.25, -0.2) is 4.79 Å². The second-order valence-electron chi connectivity index (χ2n) is 9.66. The molecule has 0 spiro atoms. The minimum absolute atomic E-state index is 0.0321. The molecule has 196 valence electrons. The summed E-state index contributed by atoms with van der Waals surface area (Å²) in [5.74, 6) is -0.799. The molecule has 38 heavy (non-hydrogen) atoms. The molecule has 0 aliphatic heterocycles. The number of hydrogen-bond donors (Lipinski definition) is 1. The van der Waals surface area contributed by atoms with Crippen molar-refractivity contribution in [1.82, 2.24) is 9.78 Å². The molecule has 1 N–H and O–H groups in total. The monoisotopic (exact) mass is 549 g/mol. The predicted molar refractivity (Wildman–Crippen MR) is 151 cm³/mol. The highest BCUT2D eigenvalue weighted by Gasteiger charge is 2.43. The Balaban J connectivity index is 1.64. The maximum Gasteiger partial charge on any atom is 0.359 e. The van der Waals surface area contributed by atoms with E-state index in [1.54, 1.807) is 30.5 Å². The van der Waals surface area contributed by atoms with Crippen LogP contribution >= 0.6 is 22.9 Å². The molecule has 0 atom stereocenters. The smallest absolute Gasteiger partial charge is 0.359 e. The average Bonchev–Trinajstić information content (AvgIpc) is 3.56. The number of fused-ring (bicyclic) bond motifs is 1. The number of halogens is 1. The molecule has 1 saturated carbocycles. The third-order valence-electron chi connectivity index (χ3n) is 7.37. The zero-order valence-electron chi connectivity index (χ0n) is 21.5. The lowest BCUT2D eigenvalue weighted by molar-refractivity contribution is -0.121. The molecular weight excluding hydrogens is 522 g/mol. The number of nitrogens with zero attached hydrogens (tertiary/aromatic N) is 2. The Bertz CT molecular complexity index is 1600. The molecule has 0 unspecified atom stereocenters. The number of aryl methyl sites for hydroxylation is 2. The van der Waals surface area contributed by atoms with Crippen LogP contribution in [0.1, 0.15) is 59.8 Å². The number of ether oxygens (including phenoxy) is 1. The summed E-state index contributed by atoms with van der Waals surface area (Å²) >= 11 is 7.31. The number of anilines is 1. The van der Waals surface area contributed by atoms with Gasteiger partial charge in [-0.15, -0.1) is 11.3 Å². The summed E-state index contributed by atoms with van der Waals surface area (Å²) in [7, 11) is 0. The van der Waals surface area contributed by atoms with Gasteiger partial charge >= 0.3 is 5.97 Å². The molecule has 7 nitrogen and oxygen atoms in total. The number of aromatic nitrogens is 2. The molecule has 2 aromatic heterocycles. The molecule has 4 aromatic rings. The van der Waals surface area contributed by atoms with Gasteiger partial charge in [0.15, 0.2) is 5.69 Å². The molecule has 1 fully saturated rings. The summed E-state index contributed by atoms with van der Waals surface area (Å²) in [6.07, 6.45) is 3.26. The van der Waals surface area contributed by atoms with Crippen LogP contribution in [-0.2, 0) is 14.9 Å². The van der Waals surface area contributed by atoms with E-state index in [0.717, 1.165) is 29.5 Å². The van der Waals surface area contributed by atoms with Gasteiger partial charge in [0.05, 0.1) is 23.1 Å². The summed E-state index contributed by atoms with van der Waals surface area (Å²) in [6.45, 7) is 5.81. The molecule has 0 saturated heterocycles. The van der Waals surface area contributed by atoms with E-state index in [2.05, 4.69) is 10.4 Å². The van der Waals surface area contributed by atoms with Gasteiger partial charge in [-0.2, -0.15) is 9.78 Å². The molecule has 9 heteroatoms. The fourth-order valence-corrected chi connectivity index (χ4v) is 6.20. The minimum Gasteiger partial charge on any atom is -0.461 e. The standard InChI is InChI=1S/C29H28ClN3O4S/c1-4-37-27(35)24-22-16-38-25(23(22)26(34)33(32-24)21-12-7-17(2)18(3)15-21)31-28(36)29(13-5-6-14-29)19-8-10-20(30)11-9-19/h7-12,15-16H,4-6,13-14H2,1-3H3,(H,31,36). The Morgan fingerprint density at radius 2 is 1.82 bits per heavy atom. The van der Waals surface area contributed by atoms with Gasteiger partial charge in [-0.3, -0.25) is 9.59 Å². The number of carbonyl (C=O) groups is 2. The van der Waals surface area contributed by atoms with Crippen LogP contribution < -0.4 is 10.9 Å². The number of amides is 1. The molecule has 5 rings (SSSR count). The Kier molecular flexibility index (Phi) is 7.11. The first-order chi connectivity index (χ1) is 18.2. The maximum atomic E-state index is 13.9. The third kappa shape index (κ3) is 4.52. The van der Waals surface area contributed by atoms with Crippen LogP contribution in [0.2, 0.25) is 5.02 Å². The molecule has 2 heterocycles. The van der Waals surface area contributed by atoms with Gasteiger partial charge in [0.2, 0.25) is 5.91 Å². The van der Waals surface area contributed by atoms with E-state index < -0.39 is 16.9 Å². The highest BCUT2D eigenvalue weighted by atomic mass is 35.5. The zero-order chi connectivity index (χ0) is 27.0. The van der Waals surface area contributed by atoms with Crippen molar-refractivity contribution in [2.75, 3.05) is 11.9 Å². The average molecular weight is 550 g/mol. The van der Waals surface area contributed by atoms with Gasteiger partial charge in [0, 0.05) is 15.8 Å². The highest BCUT2D eigenvalue weighted by molar-refractivity contribution is 7.16. The molecule has 1 aliphatic carbocycles. The fourth-order valence-electron chi connectivity index (χ4n) is 5.14. The molecule has 1 amide bonds. The summed E-state index contributed by atoms with van der Waals surface area (Å²) in [6, 6.07) is 12.9. The van der Waals surface area contributed by atoms with Crippen LogP contribution in [0.5, 0.6) is 0 Å². The Labute approximate surface area is 229 Å². The molecule has 2 aromatic carbocycles. The molecule has 0 radical (unpaired) electrons. The number of nitrogens with one attached hydrogen (secondary N) is 1. The summed E-state index contributed by atoms with van der Waals surface area (Å²) in [5, 5.41) is 10.7. The van der Waals surface area contributed by atoms with Crippen molar-refractivity contribution < 1.29 is 14.3 Å². The lowest BCUT2D eigenvalue weighted by atomic mass is 9.78. The van der Waals surface area contributed by atoms with Gasteiger partial charge in [0.1, 0.15) is 5.00 Å². The largest absolute Gasteiger partial charge is 0.461 e. The second kappa shape index (κ2) is 10.3. The van der Waals surface area contributed by atoms with Crippen LogP contribution in [0.25, 0.3) is 16.5 Å². The van der Waals surface area contributed by atoms with Crippen LogP contribution in [-0.4, -0.2) is 28.3 Å². The molecule has 0 bridgehead atoms. The van der Waals surface area contributed by atoms with E-state index in [4.69, 9.17) is 16.3 Å². The van der Waals surface area contributed by atoms with Crippen molar-refractivity contribution >= 4 is 50.6 Å². The normalized spacial score (nSPS) is 14.5. The SMILES string of the molecule is CCOC(=O)c1nn(-c2ccc(C)c(C)c2)c(=O)c2c(NC(=O)C3(c4ccc(Cl)cc4)CCCC3)scc12. The quantitative estimate of drug-likeness (QED) is 0.283. The number of esters is 1. The third-order valence-corrected chi connectivity index (χ3v) is 8.52. The van der Waals surface area contributed by atoms with Crippen LogP contribution in [0.4, 0.5) is 5.00 Å². The molecule has 1 aliphatic rings. The van der Waals surface area contributed by atoms with Crippen molar-refractivity contribution in [1.29, 1.82) is 0 Å². The lowest BCUT2D eigenvalue weighted by Crippen LogP contribution is -2.38. The number of thiophene rings is 1. The topological polar surface area (TPSA) is 90.3 Å². The van der Waals surface area contributed by atoms with E-state index in [0.29, 0.717) is 33.9 Å².